The molecule has 5 heteroatoms. The Hall–Kier alpha value is -1.88. The molecular formula is C22H23ClN2OS. The Labute approximate surface area is 169 Å². The number of hydrogen-bond acceptors (Lipinski definition) is 4. The number of halogens is 1. The molecule has 2 aromatic carbocycles. The lowest BCUT2D eigenvalue weighted by Gasteiger charge is -2.30. The molecule has 1 aliphatic heterocycles. The summed E-state index contributed by atoms with van der Waals surface area (Å²) in [5.41, 5.74) is 3.41. The number of hydrogen-bond donors (Lipinski definition) is 0. The quantitative estimate of drug-likeness (QED) is 0.499. The van der Waals surface area contributed by atoms with E-state index in [0.29, 0.717) is 0 Å². The van der Waals surface area contributed by atoms with Gasteiger partial charge in [-0.3, -0.25) is 4.90 Å². The maximum absolute atomic E-state index is 6.52. The molecule has 0 atom stereocenters. The molecule has 140 valence electrons. The van der Waals surface area contributed by atoms with Gasteiger partial charge in [-0.15, -0.1) is 11.3 Å². The molecule has 0 unspecified atom stereocenters. The highest BCUT2D eigenvalue weighted by Gasteiger charge is 2.16. The first kappa shape index (κ1) is 18.5. The van der Waals surface area contributed by atoms with Gasteiger partial charge in [-0.1, -0.05) is 23.7 Å². The van der Waals surface area contributed by atoms with E-state index in [1.807, 2.05) is 38.2 Å². The molecule has 0 radical (unpaired) electrons. The van der Waals surface area contributed by atoms with Gasteiger partial charge in [-0.2, -0.15) is 0 Å². The van der Waals surface area contributed by atoms with Crippen molar-refractivity contribution in [2.45, 2.75) is 32.9 Å². The lowest BCUT2D eigenvalue weighted by atomic mass is 10.1. The maximum atomic E-state index is 6.52. The van der Waals surface area contributed by atoms with E-state index in [4.69, 9.17) is 16.3 Å². The van der Waals surface area contributed by atoms with Crippen LogP contribution in [0.2, 0.25) is 5.02 Å². The Morgan fingerprint density at radius 1 is 1.11 bits per heavy atom. The van der Waals surface area contributed by atoms with Crippen molar-refractivity contribution in [3.8, 4) is 26.8 Å². The largest absolute Gasteiger partial charge is 0.491 e. The highest BCUT2D eigenvalue weighted by molar-refractivity contribution is 7.18. The van der Waals surface area contributed by atoms with Gasteiger partial charge in [-0.05, 0) is 74.8 Å². The number of benzene rings is 2. The fraction of sp³-hybridized carbons (Fsp3) is 0.318. The Morgan fingerprint density at radius 3 is 2.48 bits per heavy atom. The molecule has 1 saturated heterocycles. The minimum absolute atomic E-state index is 0.180. The lowest BCUT2D eigenvalue weighted by molar-refractivity contribution is 0.172. The van der Waals surface area contributed by atoms with E-state index in [1.165, 1.54) is 25.1 Å². The standard InChI is InChI=1S/C22H23ClN2OS/c1-15(2)26-19-8-6-16(7-9-19)21-13-24-22(27-21)17-4-5-18(20(23)12-17)14-25-10-3-11-25/h4-9,12-13,15H,3,10-11,14H2,1-2H3. The van der Waals surface area contributed by atoms with Crippen molar-refractivity contribution in [1.29, 1.82) is 0 Å². The summed E-state index contributed by atoms with van der Waals surface area (Å²) in [6.45, 7) is 7.35. The summed E-state index contributed by atoms with van der Waals surface area (Å²) < 4.78 is 5.71. The van der Waals surface area contributed by atoms with Gasteiger partial charge in [0.25, 0.3) is 0 Å². The number of ether oxygens (including phenoxy) is 1. The number of likely N-dealkylation sites (tertiary alicyclic amines) is 1. The second-order valence-electron chi connectivity index (χ2n) is 7.16. The number of nitrogens with zero attached hydrogens (tertiary/aromatic N) is 2. The molecule has 0 amide bonds. The zero-order valence-electron chi connectivity index (χ0n) is 15.6. The van der Waals surface area contributed by atoms with Crippen molar-refractivity contribution >= 4 is 22.9 Å². The van der Waals surface area contributed by atoms with Crippen molar-refractivity contribution in [3.63, 3.8) is 0 Å². The van der Waals surface area contributed by atoms with Crippen LogP contribution in [0.3, 0.4) is 0 Å². The summed E-state index contributed by atoms with van der Waals surface area (Å²) in [7, 11) is 0. The third kappa shape index (κ3) is 4.34. The first-order chi connectivity index (χ1) is 13.1. The van der Waals surface area contributed by atoms with Gasteiger partial charge < -0.3 is 4.74 Å². The first-order valence-electron chi connectivity index (χ1n) is 9.32. The zero-order valence-corrected chi connectivity index (χ0v) is 17.2. The Morgan fingerprint density at radius 2 is 1.85 bits per heavy atom. The zero-order chi connectivity index (χ0) is 18.8. The van der Waals surface area contributed by atoms with Crippen molar-refractivity contribution in [2.24, 2.45) is 0 Å². The molecule has 0 N–H and O–H groups in total. The highest BCUT2D eigenvalue weighted by atomic mass is 35.5. The van der Waals surface area contributed by atoms with Crippen LogP contribution in [0.5, 0.6) is 5.75 Å². The third-order valence-corrected chi connectivity index (χ3v) is 6.11. The minimum atomic E-state index is 0.180. The molecule has 1 fully saturated rings. The van der Waals surface area contributed by atoms with Crippen LogP contribution in [0, 0.1) is 0 Å². The monoisotopic (exact) mass is 398 g/mol. The summed E-state index contributed by atoms with van der Waals surface area (Å²) in [6, 6.07) is 14.5. The van der Waals surface area contributed by atoms with Crippen LogP contribution in [0.25, 0.3) is 21.0 Å². The predicted octanol–water partition coefficient (Wildman–Crippen LogP) is 6.12. The van der Waals surface area contributed by atoms with Gasteiger partial charge in [-0.25, -0.2) is 4.98 Å². The van der Waals surface area contributed by atoms with E-state index in [0.717, 1.165) is 38.3 Å². The summed E-state index contributed by atoms with van der Waals surface area (Å²) in [5, 5.41) is 1.82. The van der Waals surface area contributed by atoms with E-state index < -0.39 is 0 Å². The third-order valence-electron chi connectivity index (χ3n) is 4.66. The summed E-state index contributed by atoms with van der Waals surface area (Å²) >= 11 is 8.21. The Bertz CT molecular complexity index is 916. The molecule has 1 aromatic heterocycles. The van der Waals surface area contributed by atoms with E-state index in [1.54, 1.807) is 11.3 Å². The second-order valence-corrected chi connectivity index (χ2v) is 8.59. The van der Waals surface area contributed by atoms with Crippen LogP contribution in [-0.4, -0.2) is 29.1 Å². The Balaban J connectivity index is 1.51. The van der Waals surface area contributed by atoms with Gasteiger partial charge in [0.2, 0.25) is 0 Å². The fourth-order valence-electron chi connectivity index (χ4n) is 3.10. The lowest BCUT2D eigenvalue weighted by Crippen LogP contribution is -2.36. The Kier molecular flexibility index (Phi) is 5.48. The number of rotatable bonds is 6. The second kappa shape index (κ2) is 8.01. The molecule has 27 heavy (non-hydrogen) atoms. The topological polar surface area (TPSA) is 25.4 Å². The number of thiazole rings is 1. The molecule has 1 aliphatic rings. The summed E-state index contributed by atoms with van der Waals surface area (Å²) in [5.74, 6) is 0.892. The van der Waals surface area contributed by atoms with Crippen molar-refractivity contribution in [2.75, 3.05) is 13.1 Å². The van der Waals surface area contributed by atoms with Crippen LogP contribution >= 0.6 is 22.9 Å². The van der Waals surface area contributed by atoms with Crippen molar-refractivity contribution < 1.29 is 4.74 Å². The van der Waals surface area contributed by atoms with E-state index in [9.17, 15) is 0 Å². The summed E-state index contributed by atoms with van der Waals surface area (Å²) in [6.07, 6.45) is 3.40. The van der Waals surface area contributed by atoms with Crippen molar-refractivity contribution in [1.82, 2.24) is 9.88 Å². The van der Waals surface area contributed by atoms with Crippen molar-refractivity contribution in [3.05, 3.63) is 59.2 Å². The molecule has 0 bridgehead atoms. The predicted molar refractivity (Wildman–Crippen MR) is 114 cm³/mol. The molecular weight excluding hydrogens is 376 g/mol. The summed E-state index contributed by atoms with van der Waals surface area (Å²) in [4.78, 5) is 8.16. The molecule has 0 spiro atoms. The highest BCUT2D eigenvalue weighted by Crippen LogP contribution is 2.34. The van der Waals surface area contributed by atoms with E-state index >= 15 is 0 Å². The van der Waals surface area contributed by atoms with E-state index in [2.05, 4.69) is 34.1 Å². The average molecular weight is 399 g/mol. The fourth-order valence-corrected chi connectivity index (χ4v) is 4.26. The minimum Gasteiger partial charge on any atom is -0.491 e. The van der Waals surface area contributed by atoms with Crippen LogP contribution in [0.1, 0.15) is 25.8 Å². The van der Waals surface area contributed by atoms with Gasteiger partial charge >= 0.3 is 0 Å². The normalized spacial score (nSPS) is 14.4. The van der Waals surface area contributed by atoms with Gasteiger partial charge in [0.05, 0.1) is 11.0 Å². The average Bonchev–Trinajstić information content (AvgIpc) is 3.09. The first-order valence-corrected chi connectivity index (χ1v) is 10.5. The van der Waals surface area contributed by atoms with Crippen LogP contribution in [-0.2, 0) is 6.54 Å². The molecule has 0 saturated carbocycles. The van der Waals surface area contributed by atoms with Gasteiger partial charge in [0, 0.05) is 23.3 Å². The van der Waals surface area contributed by atoms with Gasteiger partial charge in [0.1, 0.15) is 10.8 Å². The molecule has 3 aromatic rings. The van der Waals surface area contributed by atoms with E-state index in [-0.39, 0.29) is 6.10 Å². The molecule has 2 heterocycles. The molecule has 3 nitrogen and oxygen atoms in total. The smallest absolute Gasteiger partial charge is 0.123 e. The van der Waals surface area contributed by atoms with Crippen LogP contribution in [0.4, 0.5) is 0 Å². The SMILES string of the molecule is CC(C)Oc1ccc(-c2cnc(-c3ccc(CN4CCC4)c(Cl)c3)s2)cc1. The van der Waals surface area contributed by atoms with Gasteiger partial charge in [0.15, 0.2) is 0 Å². The molecule has 0 aliphatic carbocycles. The maximum Gasteiger partial charge on any atom is 0.123 e. The van der Waals surface area contributed by atoms with Crippen LogP contribution < -0.4 is 4.74 Å². The number of aromatic nitrogens is 1. The molecule has 4 rings (SSSR count). The van der Waals surface area contributed by atoms with Crippen LogP contribution in [0.15, 0.2) is 48.7 Å².